The number of thiophene rings is 1. The monoisotopic (exact) mass is 437 g/mol. The Morgan fingerprint density at radius 3 is 2.65 bits per heavy atom. The Balaban J connectivity index is 1.88. The first-order valence-corrected chi connectivity index (χ1v) is 10.2. The van der Waals surface area contributed by atoms with Crippen molar-refractivity contribution in [3.05, 3.63) is 87.4 Å². The van der Waals surface area contributed by atoms with Gasteiger partial charge in [0.15, 0.2) is 5.69 Å². The number of carbonyl (C=O) groups is 2. The minimum Gasteiger partial charge on any atom is -0.461 e. The van der Waals surface area contributed by atoms with Gasteiger partial charge >= 0.3 is 5.97 Å². The number of hydrogen-bond acceptors (Lipinski definition) is 6. The predicted molar refractivity (Wildman–Crippen MR) is 116 cm³/mol. The number of fused-ring (bicyclic) bond motifs is 1. The molecule has 0 fully saturated rings. The molecule has 1 N–H and O–H groups in total. The molecule has 0 unspecified atom stereocenters. The topological polar surface area (TPSA) is 90.3 Å². The van der Waals surface area contributed by atoms with Crippen molar-refractivity contribution in [3.8, 4) is 5.69 Å². The first-order chi connectivity index (χ1) is 15.0. The number of halogens is 1. The molecule has 0 aliphatic rings. The van der Waals surface area contributed by atoms with E-state index in [1.807, 2.05) is 0 Å². The summed E-state index contributed by atoms with van der Waals surface area (Å²) in [5.41, 5.74) is 0.00557. The molecule has 0 atom stereocenters. The van der Waals surface area contributed by atoms with Crippen LogP contribution in [0.25, 0.3) is 16.5 Å². The van der Waals surface area contributed by atoms with E-state index in [0.717, 1.165) is 22.1 Å². The summed E-state index contributed by atoms with van der Waals surface area (Å²) in [4.78, 5) is 38.4. The van der Waals surface area contributed by atoms with Gasteiger partial charge in [0.25, 0.3) is 11.5 Å². The molecule has 9 heteroatoms. The quantitative estimate of drug-likeness (QED) is 0.477. The van der Waals surface area contributed by atoms with Crippen molar-refractivity contribution in [2.24, 2.45) is 0 Å². The summed E-state index contributed by atoms with van der Waals surface area (Å²) in [7, 11) is 0. The standard InChI is InChI=1S/C22H16FN3O4S/c1-2-30-22(29)18-16-12-31-20(24-19(27)13-7-6-8-14(23)11-13)17(16)21(28)26(25-18)15-9-4-3-5-10-15/h3-12H,2H2,1H3,(H,24,27). The minimum absolute atomic E-state index is 0.0391. The van der Waals surface area contributed by atoms with Gasteiger partial charge in [-0.2, -0.15) is 9.78 Å². The molecule has 2 aromatic heterocycles. The fourth-order valence-corrected chi connectivity index (χ4v) is 3.97. The van der Waals surface area contributed by atoms with Gasteiger partial charge < -0.3 is 10.1 Å². The van der Waals surface area contributed by atoms with Crippen molar-refractivity contribution < 1.29 is 18.7 Å². The van der Waals surface area contributed by atoms with Crippen LogP contribution in [0.5, 0.6) is 0 Å². The fraction of sp³-hybridized carbons (Fsp3) is 0.0909. The number of carbonyl (C=O) groups excluding carboxylic acids is 2. The number of amides is 1. The summed E-state index contributed by atoms with van der Waals surface area (Å²) in [6.07, 6.45) is 0. The van der Waals surface area contributed by atoms with E-state index in [2.05, 4.69) is 10.4 Å². The second-order valence-electron chi connectivity index (χ2n) is 6.44. The van der Waals surface area contributed by atoms with Crippen molar-refractivity contribution in [1.82, 2.24) is 9.78 Å². The summed E-state index contributed by atoms with van der Waals surface area (Å²) in [6, 6.07) is 13.8. The number of para-hydroxylation sites is 1. The van der Waals surface area contributed by atoms with E-state index in [-0.39, 0.29) is 33.6 Å². The van der Waals surface area contributed by atoms with Crippen molar-refractivity contribution in [2.45, 2.75) is 6.92 Å². The van der Waals surface area contributed by atoms with E-state index < -0.39 is 23.3 Å². The molecule has 4 rings (SSSR count). The average Bonchev–Trinajstić information content (AvgIpc) is 3.19. The van der Waals surface area contributed by atoms with Gasteiger partial charge in [0.05, 0.1) is 17.7 Å². The van der Waals surface area contributed by atoms with Crippen LogP contribution in [0.4, 0.5) is 9.39 Å². The lowest BCUT2D eigenvalue weighted by Gasteiger charge is -2.10. The molecule has 4 aromatic rings. The molecular formula is C22H16FN3O4S. The molecular weight excluding hydrogens is 421 g/mol. The van der Waals surface area contributed by atoms with Crippen molar-refractivity contribution >= 4 is 39.0 Å². The first-order valence-electron chi connectivity index (χ1n) is 9.33. The molecule has 0 radical (unpaired) electrons. The Bertz CT molecular complexity index is 1350. The SMILES string of the molecule is CCOC(=O)c1nn(-c2ccccc2)c(=O)c2c(NC(=O)c3cccc(F)c3)scc12. The van der Waals surface area contributed by atoms with Gasteiger partial charge in [-0.15, -0.1) is 11.3 Å². The number of hydrogen-bond donors (Lipinski definition) is 1. The maximum atomic E-state index is 13.5. The van der Waals surface area contributed by atoms with Crippen LogP contribution in [-0.2, 0) is 4.74 Å². The molecule has 1 amide bonds. The van der Waals surface area contributed by atoms with E-state index in [1.165, 1.54) is 18.2 Å². The normalized spacial score (nSPS) is 10.8. The van der Waals surface area contributed by atoms with Crippen LogP contribution in [0.15, 0.2) is 64.8 Å². The third-order valence-electron chi connectivity index (χ3n) is 4.44. The van der Waals surface area contributed by atoms with Gasteiger partial charge in [0.1, 0.15) is 10.8 Å². The molecule has 7 nitrogen and oxygen atoms in total. The van der Waals surface area contributed by atoms with Crippen LogP contribution in [0, 0.1) is 5.82 Å². The lowest BCUT2D eigenvalue weighted by Crippen LogP contribution is -2.25. The highest BCUT2D eigenvalue weighted by molar-refractivity contribution is 7.16. The Morgan fingerprint density at radius 1 is 1.16 bits per heavy atom. The summed E-state index contributed by atoms with van der Waals surface area (Å²) in [5.74, 6) is -1.81. The number of ether oxygens (including phenoxy) is 1. The lowest BCUT2D eigenvalue weighted by atomic mass is 10.2. The minimum atomic E-state index is -0.682. The number of rotatable bonds is 5. The van der Waals surface area contributed by atoms with Gasteiger partial charge in [-0.3, -0.25) is 9.59 Å². The van der Waals surface area contributed by atoms with Gasteiger partial charge in [0.2, 0.25) is 0 Å². The van der Waals surface area contributed by atoms with E-state index in [1.54, 1.807) is 42.6 Å². The first kappa shape index (κ1) is 20.4. The number of nitrogens with one attached hydrogen (secondary N) is 1. The second-order valence-corrected chi connectivity index (χ2v) is 7.32. The molecule has 0 bridgehead atoms. The number of benzene rings is 2. The summed E-state index contributed by atoms with van der Waals surface area (Å²) in [6.45, 7) is 1.81. The maximum absolute atomic E-state index is 13.5. The van der Waals surface area contributed by atoms with Crippen molar-refractivity contribution in [1.29, 1.82) is 0 Å². The van der Waals surface area contributed by atoms with Crippen LogP contribution in [0.2, 0.25) is 0 Å². The highest BCUT2D eigenvalue weighted by Gasteiger charge is 2.23. The zero-order valence-corrected chi connectivity index (χ0v) is 17.1. The zero-order chi connectivity index (χ0) is 22.0. The lowest BCUT2D eigenvalue weighted by molar-refractivity contribution is 0.0520. The van der Waals surface area contributed by atoms with Crippen LogP contribution >= 0.6 is 11.3 Å². The zero-order valence-electron chi connectivity index (χ0n) is 16.3. The fourth-order valence-electron chi connectivity index (χ4n) is 3.04. The highest BCUT2D eigenvalue weighted by Crippen LogP contribution is 2.31. The van der Waals surface area contributed by atoms with E-state index >= 15 is 0 Å². The summed E-state index contributed by atoms with van der Waals surface area (Å²) < 4.78 is 19.7. The third-order valence-corrected chi connectivity index (χ3v) is 5.33. The smallest absolute Gasteiger partial charge is 0.359 e. The molecule has 0 saturated heterocycles. The molecule has 156 valence electrons. The summed E-state index contributed by atoms with van der Waals surface area (Å²) >= 11 is 1.07. The number of anilines is 1. The molecule has 2 aromatic carbocycles. The predicted octanol–water partition coefficient (Wildman–Crippen LogP) is 4.02. The van der Waals surface area contributed by atoms with E-state index in [4.69, 9.17) is 4.74 Å². The molecule has 0 spiro atoms. The highest BCUT2D eigenvalue weighted by atomic mass is 32.1. The molecule has 0 saturated carbocycles. The Hall–Kier alpha value is -3.85. The Labute approximate surface area is 179 Å². The van der Waals surface area contributed by atoms with E-state index in [9.17, 15) is 18.8 Å². The maximum Gasteiger partial charge on any atom is 0.359 e. The number of nitrogens with zero attached hydrogens (tertiary/aromatic N) is 2. The van der Waals surface area contributed by atoms with Crippen LogP contribution < -0.4 is 10.9 Å². The second kappa shape index (κ2) is 8.49. The van der Waals surface area contributed by atoms with Gasteiger partial charge in [-0.1, -0.05) is 24.3 Å². The van der Waals surface area contributed by atoms with Crippen molar-refractivity contribution in [2.75, 3.05) is 11.9 Å². The van der Waals surface area contributed by atoms with Crippen LogP contribution in [-0.4, -0.2) is 28.3 Å². The Morgan fingerprint density at radius 2 is 1.94 bits per heavy atom. The molecule has 0 aliphatic carbocycles. The largest absolute Gasteiger partial charge is 0.461 e. The molecule has 31 heavy (non-hydrogen) atoms. The van der Waals surface area contributed by atoms with Crippen LogP contribution in [0.1, 0.15) is 27.8 Å². The van der Waals surface area contributed by atoms with Gasteiger partial charge in [-0.05, 0) is 37.3 Å². The summed E-state index contributed by atoms with van der Waals surface area (Å²) in [5, 5.41) is 9.06. The van der Waals surface area contributed by atoms with Crippen LogP contribution in [0.3, 0.4) is 0 Å². The van der Waals surface area contributed by atoms with E-state index in [0.29, 0.717) is 5.69 Å². The average molecular weight is 437 g/mol. The van der Waals surface area contributed by atoms with Gasteiger partial charge in [0, 0.05) is 16.3 Å². The third kappa shape index (κ3) is 3.95. The van der Waals surface area contributed by atoms with Gasteiger partial charge in [-0.25, -0.2) is 9.18 Å². The molecule has 2 heterocycles. The van der Waals surface area contributed by atoms with Crippen molar-refractivity contribution in [3.63, 3.8) is 0 Å². The Kier molecular flexibility index (Phi) is 5.59. The number of esters is 1. The molecule has 0 aliphatic heterocycles. The number of aromatic nitrogens is 2.